The molecule has 6 nitrogen and oxygen atoms in total. The van der Waals surface area contributed by atoms with Gasteiger partial charge in [0, 0.05) is 4.90 Å². The molecule has 0 unspecified atom stereocenters. The first kappa shape index (κ1) is 25.3. The Hall–Kier alpha value is -2.81. The number of hydrogen-bond acceptors (Lipinski definition) is 7. The van der Waals surface area contributed by atoms with Gasteiger partial charge in [0.05, 0.1) is 40.1 Å². The van der Waals surface area contributed by atoms with E-state index in [1.807, 2.05) is 43.5 Å². The quantitative estimate of drug-likeness (QED) is 0.332. The first-order valence-electron chi connectivity index (χ1n) is 11.1. The molecular formula is C26H25ClN2O4S2. The lowest BCUT2D eigenvalue weighted by atomic mass is 9.96. The second-order valence-electron chi connectivity index (χ2n) is 7.70. The molecule has 1 aliphatic heterocycles. The largest absolute Gasteiger partial charge is 0.492 e. The number of rotatable bonds is 7. The summed E-state index contributed by atoms with van der Waals surface area (Å²) in [6.07, 6.45) is 3.78. The summed E-state index contributed by atoms with van der Waals surface area (Å²) in [6.45, 7) is 6.17. The highest BCUT2D eigenvalue weighted by Crippen LogP contribution is 2.32. The van der Waals surface area contributed by atoms with Crippen LogP contribution in [-0.2, 0) is 9.53 Å². The number of hydrogen-bond donors (Lipinski definition) is 0. The van der Waals surface area contributed by atoms with E-state index in [1.54, 1.807) is 48.4 Å². The summed E-state index contributed by atoms with van der Waals surface area (Å²) in [4.78, 5) is 32.9. The van der Waals surface area contributed by atoms with E-state index in [4.69, 9.17) is 21.1 Å². The minimum atomic E-state index is -0.632. The van der Waals surface area contributed by atoms with Crippen molar-refractivity contribution < 1.29 is 14.3 Å². The van der Waals surface area contributed by atoms with Crippen molar-refractivity contribution in [1.29, 1.82) is 0 Å². The molecule has 0 saturated carbocycles. The van der Waals surface area contributed by atoms with Crippen molar-refractivity contribution >= 4 is 46.7 Å². The zero-order chi connectivity index (χ0) is 25.1. The summed E-state index contributed by atoms with van der Waals surface area (Å²) in [6, 6.07) is 12.6. The fraction of sp³-hybridized carbons (Fsp3) is 0.269. The Morgan fingerprint density at radius 1 is 1.20 bits per heavy atom. The molecule has 0 saturated heterocycles. The summed E-state index contributed by atoms with van der Waals surface area (Å²) in [7, 11) is 0. The lowest BCUT2D eigenvalue weighted by Crippen LogP contribution is -2.39. The standard InChI is InChI=1S/C26H25ClN2O4S2/c1-5-32-20-12-7-16(13-19(20)27)14-21-24(30)29-23(17-8-10-18(34-4)11-9-17)22(25(31)33-6-2)15(3)28-26(29)35-21/h7-14,23H,5-6H2,1-4H3/b21-14-/t23-/m1/s1. The maximum absolute atomic E-state index is 13.7. The van der Waals surface area contributed by atoms with Gasteiger partial charge in [0.15, 0.2) is 4.80 Å². The number of thioether (sulfide) groups is 1. The molecule has 0 N–H and O–H groups in total. The van der Waals surface area contributed by atoms with E-state index in [9.17, 15) is 9.59 Å². The van der Waals surface area contributed by atoms with Crippen LogP contribution in [0.3, 0.4) is 0 Å². The monoisotopic (exact) mass is 528 g/mol. The predicted octanol–water partition coefficient (Wildman–Crippen LogP) is 4.57. The highest BCUT2D eigenvalue weighted by molar-refractivity contribution is 7.98. The van der Waals surface area contributed by atoms with Gasteiger partial charge in [0.25, 0.3) is 5.56 Å². The van der Waals surface area contributed by atoms with Crippen LogP contribution in [0.4, 0.5) is 0 Å². The summed E-state index contributed by atoms with van der Waals surface area (Å²) < 4.78 is 12.9. The van der Waals surface area contributed by atoms with Crippen LogP contribution in [0.25, 0.3) is 6.08 Å². The van der Waals surface area contributed by atoms with E-state index in [0.717, 1.165) is 16.0 Å². The van der Waals surface area contributed by atoms with Crippen LogP contribution in [0.5, 0.6) is 5.75 Å². The number of benzene rings is 2. The Morgan fingerprint density at radius 2 is 1.94 bits per heavy atom. The number of carbonyl (C=O) groups excluding carboxylic acids is 1. The van der Waals surface area contributed by atoms with Crippen LogP contribution in [0.1, 0.15) is 37.9 Å². The third kappa shape index (κ3) is 5.10. The van der Waals surface area contributed by atoms with Gasteiger partial charge >= 0.3 is 5.97 Å². The number of esters is 1. The highest BCUT2D eigenvalue weighted by atomic mass is 35.5. The van der Waals surface area contributed by atoms with Crippen molar-refractivity contribution in [1.82, 2.24) is 4.57 Å². The van der Waals surface area contributed by atoms with Crippen LogP contribution in [0.15, 0.2) is 68.4 Å². The van der Waals surface area contributed by atoms with Gasteiger partial charge in [-0.05, 0) is 68.5 Å². The van der Waals surface area contributed by atoms with Crippen LogP contribution < -0.4 is 19.6 Å². The fourth-order valence-electron chi connectivity index (χ4n) is 3.92. The molecule has 0 bridgehead atoms. The van der Waals surface area contributed by atoms with Crippen molar-refractivity contribution in [2.24, 2.45) is 4.99 Å². The van der Waals surface area contributed by atoms with Gasteiger partial charge in [0.1, 0.15) is 5.75 Å². The van der Waals surface area contributed by atoms with Crippen LogP contribution in [0.2, 0.25) is 5.02 Å². The first-order chi connectivity index (χ1) is 16.9. The van der Waals surface area contributed by atoms with Gasteiger partial charge < -0.3 is 9.47 Å². The molecule has 182 valence electrons. The molecule has 2 aromatic carbocycles. The minimum absolute atomic E-state index is 0.230. The molecule has 4 rings (SSSR count). The van der Waals surface area contributed by atoms with E-state index >= 15 is 0 Å². The molecular weight excluding hydrogens is 504 g/mol. The van der Waals surface area contributed by atoms with Gasteiger partial charge in [-0.2, -0.15) is 0 Å². The minimum Gasteiger partial charge on any atom is -0.492 e. The van der Waals surface area contributed by atoms with Crippen LogP contribution in [0, 0.1) is 0 Å². The normalized spacial score (nSPS) is 15.6. The third-order valence-corrected chi connectivity index (χ3v) is 7.52. The number of thiazole rings is 1. The van der Waals surface area contributed by atoms with Crippen molar-refractivity contribution in [2.45, 2.75) is 31.7 Å². The molecule has 1 atom stereocenters. The number of nitrogens with zero attached hydrogens (tertiary/aromatic N) is 2. The van der Waals surface area contributed by atoms with Crippen molar-refractivity contribution in [3.05, 3.63) is 89.6 Å². The average molecular weight is 529 g/mol. The summed E-state index contributed by atoms with van der Waals surface area (Å²) in [5, 5.41) is 0.473. The molecule has 1 aliphatic rings. The van der Waals surface area contributed by atoms with Gasteiger partial charge in [-0.3, -0.25) is 9.36 Å². The van der Waals surface area contributed by atoms with Gasteiger partial charge in [0.2, 0.25) is 0 Å². The van der Waals surface area contributed by atoms with Crippen molar-refractivity contribution in [3.63, 3.8) is 0 Å². The van der Waals surface area contributed by atoms with Crippen molar-refractivity contribution in [3.8, 4) is 5.75 Å². The number of halogens is 1. The molecule has 3 aromatic rings. The highest BCUT2D eigenvalue weighted by Gasteiger charge is 2.33. The Bertz CT molecular complexity index is 1470. The Kier molecular flexibility index (Phi) is 7.84. The Labute approximate surface area is 216 Å². The van der Waals surface area contributed by atoms with Crippen LogP contribution >= 0.6 is 34.7 Å². The molecule has 35 heavy (non-hydrogen) atoms. The van der Waals surface area contributed by atoms with Gasteiger partial charge in [-0.1, -0.05) is 41.1 Å². The Morgan fingerprint density at radius 3 is 2.57 bits per heavy atom. The maximum Gasteiger partial charge on any atom is 0.338 e. The van der Waals surface area contributed by atoms with E-state index in [2.05, 4.69) is 4.99 Å². The molecule has 0 fully saturated rings. The average Bonchev–Trinajstić information content (AvgIpc) is 3.14. The van der Waals surface area contributed by atoms with E-state index < -0.39 is 12.0 Å². The number of aromatic nitrogens is 1. The number of fused-ring (bicyclic) bond motifs is 1. The summed E-state index contributed by atoms with van der Waals surface area (Å²) >= 11 is 9.25. The van der Waals surface area contributed by atoms with Gasteiger partial charge in [-0.15, -0.1) is 11.8 Å². The topological polar surface area (TPSA) is 69.9 Å². The number of ether oxygens (including phenoxy) is 2. The molecule has 1 aromatic heterocycles. The third-order valence-electron chi connectivity index (χ3n) is 5.50. The summed E-state index contributed by atoms with van der Waals surface area (Å²) in [5.74, 6) is 0.122. The number of carbonyl (C=O) groups is 1. The molecule has 0 radical (unpaired) electrons. The molecule has 9 heteroatoms. The van der Waals surface area contributed by atoms with E-state index in [0.29, 0.717) is 38.0 Å². The molecule has 0 aliphatic carbocycles. The van der Waals surface area contributed by atoms with Gasteiger partial charge in [-0.25, -0.2) is 9.79 Å². The lowest BCUT2D eigenvalue weighted by molar-refractivity contribution is -0.139. The SMILES string of the molecule is CCOC(=O)C1=C(C)N=c2s/c(=C\c3ccc(OCC)c(Cl)c3)c(=O)n2[C@@H]1c1ccc(SC)cc1. The van der Waals surface area contributed by atoms with Crippen molar-refractivity contribution in [2.75, 3.05) is 19.5 Å². The van der Waals surface area contributed by atoms with E-state index in [1.165, 1.54) is 11.3 Å². The maximum atomic E-state index is 13.7. The zero-order valence-corrected chi connectivity index (χ0v) is 22.2. The molecule has 0 spiro atoms. The first-order valence-corrected chi connectivity index (χ1v) is 13.6. The summed E-state index contributed by atoms with van der Waals surface area (Å²) in [5.41, 5.74) is 2.26. The fourth-order valence-corrected chi connectivity index (χ4v) is 5.62. The zero-order valence-electron chi connectivity index (χ0n) is 19.8. The smallest absolute Gasteiger partial charge is 0.338 e. The predicted molar refractivity (Wildman–Crippen MR) is 141 cm³/mol. The molecule has 0 amide bonds. The number of allylic oxidation sites excluding steroid dienone is 1. The van der Waals surface area contributed by atoms with E-state index in [-0.39, 0.29) is 12.2 Å². The Balaban J connectivity index is 1.89. The van der Waals surface area contributed by atoms with Crippen LogP contribution in [-0.4, -0.2) is 30.0 Å². The second kappa shape index (κ2) is 10.8. The second-order valence-corrected chi connectivity index (χ2v) is 9.99. The molecule has 2 heterocycles. The lowest BCUT2D eigenvalue weighted by Gasteiger charge is -2.24.